The first-order valence-electron chi connectivity index (χ1n) is 5.71. The third kappa shape index (κ3) is 2.45. The van der Waals surface area contributed by atoms with E-state index >= 15 is 0 Å². The van der Waals surface area contributed by atoms with Gasteiger partial charge in [-0.05, 0) is 12.1 Å². The van der Waals surface area contributed by atoms with Crippen molar-refractivity contribution in [3.05, 3.63) is 34.9 Å². The van der Waals surface area contributed by atoms with E-state index in [0.29, 0.717) is 6.08 Å². The Morgan fingerprint density at radius 3 is 2.55 bits per heavy atom. The molecular formula is C12H7F5O3. The highest BCUT2D eigenvalue weighted by Gasteiger charge is 2.49. The van der Waals surface area contributed by atoms with Gasteiger partial charge in [0.1, 0.15) is 7.12 Å². The number of alkyl halides is 5. The average molecular weight is 295 g/mol. The number of hydrogen-bond donors (Lipinski definition) is 1. The number of fused-ring (bicyclic) bond motifs is 1. The molecule has 2 rings (SSSR count). The van der Waals surface area contributed by atoms with E-state index in [1.165, 1.54) is 0 Å². The van der Waals surface area contributed by atoms with Gasteiger partial charge in [-0.3, -0.25) is 0 Å². The highest BCUT2D eigenvalue weighted by Crippen LogP contribution is 2.41. The van der Waals surface area contributed by atoms with E-state index in [4.69, 9.17) is 6.48 Å². The van der Waals surface area contributed by atoms with Crippen molar-refractivity contribution in [2.24, 2.45) is 0 Å². The van der Waals surface area contributed by atoms with Crippen molar-refractivity contribution in [2.75, 3.05) is 0 Å². The largest absolute Gasteiger partial charge is 0.478 e. The van der Waals surface area contributed by atoms with E-state index in [2.05, 4.69) is 4.74 Å². The van der Waals surface area contributed by atoms with Crippen LogP contribution in [0.5, 0.6) is 5.75 Å². The minimum absolute atomic E-state index is 0.252. The lowest BCUT2D eigenvalue weighted by Gasteiger charge is -2.28. The molecule has 108 valence electrons. The lowest BCUT2D eigenvalue weighted by atomic mass is 9.99. The number of rotatable bonds is 2. The summed E-state index contributed by atoms with van der Waals surface area (Å²) in [5.41, 5.74) is -2.42. The third-order valence-electron chi connectivity index (χ3n) is 2.62. The Balaban J connectivity index is 2.64. The molecule has 1 N–H and O–H groups in total. The van der Waals surface area contributed by atoms with Gasteiger partial charge in [0.25, 0.3) is 6.40 Å². The normalized spacial score (nSPS) is 19.6. The highest BCUT2D eigenvalue weighted by molar-refractivity contribution is 5.95. The topological polar surface area (TPSA) is 46.5 Å². The Labute approximate surface area is 110 Å². The van der Waals surface area contributed by atoms with Crippen LogP contribution >= 0.6 is 0 Å². The molecule has 1 aromatic carbocycles. The van der Waals surface area contributed by atoms with Crippen LogP contribution in [-0.2, 0) is 4.79 Å². The number of halogens is 5. The molecular weight excluding hydrogens is 287 g/mol. The SMILES string of the molecule is [2H]C(F)(F)c1cccc2c1OC(C(F)(F)F)C(C(=O)O)=C2. The fraction of sp³-hybridized carbons (Fsp3) is 0.250. The van der Waals surface area contributed by atoms with Crippen LogP contribution in [-0.4, -0.2) is 23.4 Å². The fourth-order valence-corrected chi connectivity index (χ4v) is 1.79. The predicted octanol–water partition coefficient (Wildman–Crippen LogP) is 3.42. The maximum absolute atomic E-state index is 13.1. The molecule has 1 aliphatic rings. The van der Waals surface area contributed by atoms with Crippen LogP contribution in [0.2, 0.25) is 0 Å². The molecule has 1 atom stereocenters. The first-order chi connectivity index (χ1) is 9.51. The third-order valence-corrected chi connectivity index (χ3v) is 2.62. The molecule has 1 heterocycles. The summed E-state index contributed by atoms with van der Waals surface area (Å²) in [6.07, 6.45) is -11.5. The van der Waals surface area contributed by atoms with Crippen molar-refractivity contribution in [3.8, 4) is 5.75 Å². The Morgan fingerprint density at radius 1 is 1.40 bits per heavy atom. The minimum atomic E-state index is -5.09. The van der Waals surface area contributed by atoms with E-state index < -0.39 is 41.5 Å². The second kappa shape index (κ2) is 4.77. The molecule has 0 aliphatic carbocycles. The summed E-state index contributed by atoms with van der Waals surface area (Å²) in [6.45, 7) is 0. The van der Waals surface area contributed by atoms with Crippen molar-refractivity contribution >= 4 is 12.0 Å². The van der Waals surface area contributed by atoms with Crippen molar-refractivity contribution in [2.45, 2.75) is 18.7 Å². The van der Waals surface area contributed by atoms with E-state index in [-0.39, 0.29) is 5.56 Å². The minimum Gasteiger partial charge on any atom is -0.478 e. The van der Waals surface area contributed by atoms with Gasteiger partial charge in [0.2, 0.25) is 6.10 Å². The van der Waals surface area contributed by atoms with Crippen molar-refractivity contribution < 1.29 is 38.0 Å². The Bertz CT molecular complexity index is 618. The van der Waals surface area contributed by atoms with Crippen molar-refractivity contribution in [3.63, 3.8) is 0 Å². The van der Waals surface area contributed by atoms with Gasteiger partial charge in [-0.1, -0.05) is 12.1 Å². The van der Waals surface area contributed by atoms with Crippen LogP contribution in [0.15, 0.2) is 23.8 Å². The van der Waals surface area contributed by atoms with E-state index in [0.717, 1.165) is 18.2 Å². The molecule has 20 heavy (non-hydrogen) atoms. The van der Waals surface area contributed by atoms with Crippen LogP contribution in [0.1, 0.15) is 18.9 Å². The molecule has 3 nitrogen and oxygen atoms in total. The number of para-hydroxylation sites is 1. The Kier molecular flexibility index (Phi) is 3.07. The number of ether oxygens (including phenoxy) is 1. The maximum Gasteiger partial charge on any atom is 0.430 e. The number of aliphatic carboxylic acids is 1. The predicted molar refractivity (Wildman–Crippen MR) is 57.5 cm³/mol. The van der Waals surface area contributed by atoms with Crippen LogP contribution in [0.3, 0.4) is 0 Å². The van der Waals surface area contributed by atoms with E-state index in [1.54, 1.807) is 0 Å². The molecule has 8 heteroatoms. The molecule has 0 amide bonds. The first-order valence-corrected chi connectivity index (χ1v) is 5.21. The molecule has 0 bridgehead atoms. The summed E-state index contributed by atoms with van der Waals surface area (Å²) in [6, 6.07) is 2.95. The molecule has 1 aliphatic heterocycles. The zero-order valence-electron chi connectivity index (χ0n) is 10.5. The Hall–Kier alpha value is -2.12. The smallest absolute Gasteiger partial charge is 0.430 e. The van der Waals surface area contributed by atoms with E-state index in [1.807, 2.05) is 0 Å². The quantitative estimate of drug-likeness (QED) is 0.850. The molecule has 0 radical (unpaired) electrons. The summed E-state index contributed by atoms with van der Waals surface area (Å²) in [5.74, 6) is -2.71. The van der Waals surface area contributed by atoms with Gasteiger partial charge in [0.15, 0.2) is 0 Å². The van der Waals surface area contributed by atoms with Crippen LogP contribution in [0.25, 0.3) is 6.08 Å². The van der Waals surface area contributed by atoms with Crippen LogP contribution in [0, 0.1) is 0 Å². The molecule has 1 aromatic rings. The maximum atomic E-state index is 13.1. The summed E-state index contributed by atoms with van der Waals surface area (Å²) in [7, 11) is 0. The van der Waals surface area contributed by atoms with Gasteiger partial charge in [0.05, 0.1) is 11.1 Å². The summed E-state index contributed by atoms with van der Waals surface area (Å²) < 4.78 is 75.7. The molecule has 0 spiro atoms. The monoisotopic (exact) mass is 295 g/mol. The number of carbonyl (C=O) groups is 1. The second-order valence-electron chi connectivity index (χ2n) is 3.93. The van der Waals surface area contributed by atoms with Gasteiger partial charge in [-0.25, -0.2) is 13.6 Å². The summed E-state index contributed by atoms with van der Waals surface area (Å²) in [4.78, 5) is 10.9. The van der Waals surface area contributed by atoms with Gasteiger partial charge in [0, 0.05) is 5.56 Å². The van der Waals surface area contributed by atoms with Gasteiger partial charge in [-0.2, -0.15) is 13.2 Å². The summed E-state index contributed by atoms with van der Waals surface area (Å²) in [5, 5.41) is 8.79. The lowest BCUT2D eigenvalue weighted by Crippen LogP contribution is -2.40. The standard InChI is InChI=1S/C12H7F5O3/c13-10(14)6-3-1-2-5-4-7(11(18)19)9(12(15,16)17)20-8(5)6/h1-4,9-10H,(H,18,19)/i10D. The number of carboxylic acid groups (broad SMARTS) is 1. The van der Waals surface area contributed by atoms with Crippen LogP contribution in [0.4, 0.5) is 22.0 Å². The number of hydrogen-bond acceptors (Lipinski definition) is 2. The number of carboxylic acids is 1. The average Bonchev–Trinajstić information content (AvgIpc) is 2.34. The van der Waals surface area contributed by atoms with Gasteiger partial charge in [-0.15, -0.1) is 0 Å². The first kappa shape index (κ1) is 12.9. The van der Waals surface area contributed by atoms with E-state index in [9.17, 15) is 26.7 Å². The zero-order chi connectivity index (χ0) is 16.0. The molecule has 0 saturated heterocycles. The summed E-state index contributed by atoms with van der Waals surface area (Å²) >= 11 is 0. The zero-order valence-corrected chi connectivity index (χ0v) is 9.54. The second-order valence-corrected chi connectivity index (χ2v) is 3.93. The number of benzene rings is 1. The highest BCUT2D eigenvalue weighted by atomic mass is 19.4. The van der Waals surface area contributed by atoms with Crippen molar-refractivity contribution in [1.82, 2.24) is 0 Å². The lowest BCUT2D eigenvalue weighted by molar-refractivity contribution is -0.187. The van der Waals surface area contributed by atoms with Gasteiger partial charge >= 0.3 is 12.1 Å². The molecule has 0 saturated carbocycles. The van der Waals surface area contributed by atoms with Gasteiger partial charge < -0.3 is 9.84 Å². The molecule has 0 aromatic heterocycles. The van der Waals surface area contributed by atoms with Crippen molar-refractivity contribution in [1.29, 1.82) is 0 Å². The fourth-order valence-electron chi connectivity index (χ4n) is 1.79. The Morgan fingerprint density at radius 2 is 2.05 bits per heavy atom. The molecule has 0 fully saturated rings. The molecule has 1 unspecified atom stereocenters. The van der Waals surface area contributed by atoms with Crippen LogP contribution < -0.4 is 4.74 Å².